The number of hydrogen-bond acceptors (Lipinski definition) is 3. The topological polar surface area (TPSA) is 36.3 Å². The molecule has 4 heteroatoms. The molecule has 0 spiro atoms. The van der Waals surface area contributed by atoms with Crippen LogP contribution in [0.5, 0.6) is 0 Å². The Balaban J connectivity index is 3.54. The highest BCUT2D eigenvalue weighted by molar-refractivity contribution is 9.09. The zero-order chi connectivity index (χ0) is 9.94. The Hall–Kier alpha value is -0.110. The van der Waals surface area contributed by atoms with Crippen LogP contribution in [0.2, 0.25) is 0 Å². The number of ether oxygens (including phenoxy) is 1. The molecule has 76 valence electrons. The summed E-state index contributed by atoms with van der Waals surface area (Å²) in [7, 11) is 1.70. The molecule has 0 fully saturated rings. The maximum atomic E-state index is 8.45. The van der Waals surface area contributed by atoms with Crippen LogP contribution in [0.25, 0.3) is 0 Å². The average molecular weight is 249 g/mol. The summed E-state index contributed by atoms with van der Waals surface area (Å²) in [5.74, 6) is 0. The van der Waals surface area contributed by atoms with Crippen molar-refractivity contribution in [1.29, 1.82) is 5.26 Å². The summed E-state index contributed by atoms with van der Waals surface area (Å²) in [5.41, 5.74) is 0. The SMILES string of the molecule is COCCN(CCC#N)CCCBr. The second kappa shape index (κ2) is 9.97. The second-order valence-electron chi connectivity index (χ2n) is 2.79. The molecular formula is C9H17BrN2O. The Labute approximate surface area is 88.8 Å². The van der Waals surface area contributed by atoms with Gasteiger partial charge in [0.05, 0.1) is 12.7 Å². The van der Waals surface area contributed by atoms with Crippen LogP contribution in [0.3, 0.4) is 0 Å². The molecule has 0 bridgehead atoms. The molecule has 0 aromatic carbocycles. The summed E-state index contributed by atoms with van der Waals surface area (Å²) < 4.78 is 5.00. The number of methoxy groups -OCH3 is 1. The molecule has 0 atom stereocenters. The maximum Gasteiger partial charge on any atom is 0.0635 e. The van der Waals surface area contributed by atoms with E-state index in [-0.39, 0.29) is 0 Å². The van der Waals surface area contributed by atoms with Gasteiger partial charge in [0.15, 0.2) is 0 Å². The fraction of sp³-hybridized carbons (Fsp3) is 0.889. The Kier molecular flexibility index (Phi) is 9.89. The minimum Gasteiger partial charge on any atom is -0.383 e. The van der Waals surface area contributed by atoms with Crippen molar-refractivity contribution in [2.24, 2.45) is 0 Å². The minimum absolute atomic E-state index is 0.603. The molecule has 0 saturated heterocycles. The van der Waals surface area contributed by atoms with Gasteiger partial charge in [-0.1, -0.05) is 15.9 Å². The van der Waals surface area contributed by atoms with Crippen molar-refractivity contribution in [3.8, 4) is 6.07 Å². The molecular weight excluding hydrogens is 232 g/mol. The first-order chi connectivity index (χ1) is 6.35. The molecule has 0 aliphatic rings. The van der Waals surface area contributed by atoms with Gasteiger partial charge in [0.25, 0.3) is 0 Å². The molecule has 0 rings (SSSR count). The molecule has 3 nitrogen and oxygen atoms in total. The number of hydrogen-bond donors (Lipinski definition) is 0. The van der Waals surface area contributed by atoms with Gasteiger partial charge in [0, 0.05) is 32.0 Å². The molecule has 0 saturated carbocycles. The largest absolute Gasteiger partial charge is 0.383 e. The van der Waals surface area contributed by atoms with E-state index < -0.39 is 0 Å². The fourth-order valence-corrected chi connectivity index (χ4v) is 1.30. The summed E-state index contributed by atoms with van der Waals surface area (Å²) in [6.45, 7) is 3.56. The average Bonchev–Trinajstić information content (AvgIpc) is 2.17. The second-order valence-corrected chi connectivity index (χ2v) is 3.58. The van der Waals surface area contributed by atoms with Gasteiger partial charge in [-0.05, 0) is 13.0 Å². The van der Waals surface area contributed by atoms with E-state index in [1.54, 1.807) is 7.11 Å². The van der Waals surface area contributed by atoms with Gasteiger partial charge in [-0.25, -0.2) is 0 Å². The lowest BCUT2D eigenvalue weighted by Crippen LogP contribution is -2.29. The normalized spacial score (nSPS) is 10.3. The molecule has 0 aliphatic heterocycles. The van der Waals surface area contributed by atoms with E-state index in [2.05, 4.69) is 26.9 Å². The predicted molar refractivity (Wildman–Crippen MR) is 57.0 cm³/mol. The van der Waals surface area contributed by atoms with Crippen molar-refractivity contribution < 1.29 is 4.74 Å². The van der Waals surface area contributed by atoms with Crippen LogP contribution in [0.15, 0.2) is 0 Å². The van der Waals surface area contributed by atoms with Crippen molar-refractivity contribution in [1.82, 2.24) is 4.90 Å². The number of rotatable bonds is 8. The molecule has 0 radical (unpaired) electrons. The lowest BCUT2D eigenvalue weighted by Gasteiger charge is -2.19. The van der Waals surface area contributed by atoms with E-state index in [0.717, 1.165) is 38.0 Å². The number of alkyl halides is 1. The van der Waals surface area contributed by atoms with E-state index in [9.17, 15) is 0 Å². The van der Waals surface area contributed by atoms with Gasteiger partial charge >= 0.3 is 0 Å². The van der Waals surface area contributed by atoms with E-state index >= 15 is 0 Å². The number of nitrogens with zero attached hydrogens (tertiary/aromatic N) is 2. The van der Waals surface area contributed by atoms with Crippen LogP contribution in [-0.4, -0.2) is 43.6 Å². The standard InChI is InChI=1S/C9H17BrN2O/c1-13-9-8-12(6-2-4-10)7-3-5-11/h2-4,6-9H2,1H3. The van der Waals surface area contributed by atoms with Gasteiger partial charge in [-0.3, -0.25) is 4.90 Å². The maximum absolute atomic E-state index is 8.45. The zero-order valence-corrected chi connectivity index (χ0v) is 9.72. The molecule has 0 amide bonds. The first-order valence-corrected chi connectivity index (χ1v) is 5.61. The predicted octanol–water partition coefficient (Wildman–Crippen LogP) is 1.63. The van der Waals surface area contributed by atoms with E-state index in [4.69, 9.17) is 10.00 Å². The Morgan fingerprint density at radius 3 is 2.69 bits per heavy atom. The molecule has 0 aromatic rings. The van der Waals surface area contributed by atoms with Crippen molar-refractivity contribution in [2.45, 2.75) is 12.8 Å². The zero-order valence-electron chi connectivity index (χ0n) is 8.13. The first kappa shape index (κ1) is 12.9. The van der Waals surface area contributed by atoms with Crippen LogP contribution in [0.4, 0.5) is 0 Å². The summed E-state index contributed by atoms with van der Waals surface area (Å²) >= 11 is 3.39. The Morgan fingerprint density at radius 2 is 2.15 bits per heavy atom. The third kappa shape index (κ3) is 8.23. The summed E-state index contributed by atoms with van der Waals surface area (Å²) in [6.07, 6.45) is 1.72. The smallest absolute Gasteiger partial charge is 0.0635 e. The fourth-order valence-electron chi connectivity index (χ4n) is 1.05. The van der Waals surface area contributed by atoms with Crippen LogP contribution >= 0.6 is 15.9 Å². The summed E-state index contributed by atoms with van der Waals surface area (Å²) in [5, 5.41) is 9.47. The van der Waals surface area contributed by atoms with Crippen LogP contribution in [0.1, 0.15) is 12.8 Å². The van der Waals surface area contributed by atoms with E-state index in [1.165, 1.54) is 0 Å². The summed E-state index contributed by atoms with van der Waals surface area (Å²) in [6, 6.07) is 2.16. The quantitative estimate of drug-likeness (QED) is 0.613. The van der Waals surface area contributed by atoms with E-state index in [0.29, 0.717) is 6.42 Å². The van der Waals surface area contributed by atoms with Gasteiger partial charge in [0.1, 0.15) is 0 Å². The first-order valence-electron chi connectivity index (χ1n) is 4.49. The molecule has 0 unspecified atom stereocenters. The van der Waals surface area contributed by atoms with Gasteiger partial charge in [0.2, 0.25) is 0 Å². The van der Waals surface area contributed by atoms with Crippen LogP contribution < -0.4 is 0 Å². The van der Waals surface area contributed by atoms with Crippen molar-refractivity contribution in [3.63, 3.8) is 0 Å². The molecule has 0 aromatic heterocycles. The van der Waals surface area contributed by atoms with Crippen molar-refractivity contribution in [2.75, 3.05) is 38.7 Å². The summed E-state index contributed by atoms with van der Waals surface area (Å²) in [4.78, 5) is 2.26. The highest BCUT2D eigenvalue weighted by atomic mass is 79.9. The lowest BCUT2D eigenvalue weighted by molar-refractivity contribution is 0.149. The number of halogens is 1. The van der Waals surface area contributed by atoms with Gasteiger partial charge < -0.3 is 4.74 Å². The highest BCUT2D eigenvalue weighted by Crippen LogP contribution is 1.96. The third-order valence-corrected chi connectivity index (χ3v) is 2.32. The van der Waals surface area contributed by atoms with Gasteiger partial charge in [-0.15, -0.1) is 0 Å². The van der Waals surface area contributed by atoms with E-state index in [1.807, 2.05) is 0 Å². The highest BCUT2D eigenvalue weighted by Gasteiger charge is 2.02. The van der Waals surface area contributed by atoms with Crippen LogP contribution in [-0.2, 0) is 4.74 Å². The van der Waals surface area contributed by atoms with Gasteiger partial charge in [-0.2, -0.15) is 5.26 Å². The molecule has 0 aliphatic carbocycles. The Morgan fingerprint density at radius 1 is 1.38 bits per heavy atom. The Bertz CT molecular complexity index is 139. The lowest BCUT2D eigenvalue weighted by atomic mass is 10.3. The third-order valence-electron chi connectivity index (χ3n) is 1.76. The molecule has 13 heavy (non-hydrogen) atoms. The minimum atomic E-state index is 0.603. The van der Waals surface area contributed by atoms with Crippen LogP contribution in [0, 0.1) is 11.3 Å². The van der Waals surface area contributed by atoms with Crippen molar-refractivity contribution in [3.05, 3.63) is 0 Å². The molecule has 0 heterocycles. The monoisotopic (exact) mass is 248 g/mol. The number of nitriles is 1. The van der Waals surface area contributed by atoms with Crippen molar-refractivity contribution >= 4 is 15.9 Å². The molecule has 0 N–H and O–H groups in total.